The maximum absolute atomic E-state index is 12.4. The lowest BCUT2D eigenvalue weighted by atomic mass is 10.1. The molecule has 114 valence electrons. The molecule has 0 aliphatic carbocycles. The van der Waals surface area contributed by atoms with Crippen molar-refractivity contribution < 1.29 is 4.79 Å². The Labute approximate surface area is 131 Å². The Morgan fingerprint density at radius 3 is 2.76 bits per heavy atom. The highest BCUT2D eigenvalue weighted by molar-refractivity contribution is 6.31. The van der Waals surface area contributed by atoms with Gasteiger partial charge in [0.1, 0.15) is 0 Å². The predicted octanol–water partition coefficient (Wildman–Crippen LogP) is 1.39. The predicted molar refractivity (Wildman–Crippen MR) is 84.6 cm³/mol. The van der Waals surface area contributed by atoms with Crippen molar-refractivity contribution in [1.82, 2.24) is 15.1 Å². The second kappa shape index (κ2) is 6.77. The van der Waals surface area contributed by atoms with E-state index in [1.54, 1.807) is 0 Å². The molecule has 5 heteroatoms. The lowest BCUT2D eigenvalue weighted by molar-refractivity contribution is -0.129. The van der Waals surface area contributed by atoms with Gasteiger partial charge in [0.05, 0.1) is 6.42 Å². The van der Waals surface area contributed by atoms with Crippen LogP contribution in [0, 0.1) is 0 Å². The van der Waals surface area contributed by atoms with Crippen LogP contribution in [0.4, 0.5) is 0 Å². The molecule has 0 bridgehead atoms. The van der Waals surface area contributed by atoms with Crippen molar-refractivity contribution >= 4 is 17.5 Å². The quantitative estimate of drug-likeness (QED) is 0.916. The van der Waals surface area contributed by atoms with E-state index in [1.165, 1.54) is 0 Å². The summed E-state index contributed by atoms with van der Waals surface area (Å²) in [6.45, 7) is 6.05. The number of amides is 1. The van der Waals surface area contributed by atoms with Crippen LogP contribution in [0.3, 0.4) is 0 Å². The summed E-state index contributed by atoms with van der Waals surface area (Å²) in [6, 6.07) is 8.14. The molecule has 2 saturated heterocycles. The van der Waals surface area contributed by atoms with Gasteiger partial charge < -0.3 is 10.2 Å². The monoisotopic (exact) mass is 307 g/mol. The fourth-order valence-corrected chi connectivity index (χ4v) is 3.43. The van der Waals surface area contributed by atoms with Crippen molar-refractivity contribution in [1.29, 1.82) is 0 Å². The lowest BCUT2D eigenvalue weighted by Gasteiger charge is -2.32. The van der Waals surface area contributed by atoms with Crippen LogP contribution in [-0.2, 0) is 11.2 Å². The van der Waals surface area contributed by atoms with Gasteiger partial charge in [0.15, 0.2) is 0 Å². The first kappa shape index (κ1) is 14.8. The Hall–Kier alpha value is -1.10. The van der Waals surface area contributed by atoms with Crippen LogP contribution < -0.4 is 5.32 Å². The second-order valence-electron chi connectivity index (χ2n) is 5.84. The Bertz CT molecular complexity index is 502. The van der Waals surface area contributed by atoms with Crippen molar-refractivity contribution in [3.05, 3.63) is 34.9 Å². The molecule has 1 unspecified atom stereocenters. The number of benzene rings is 1. The van der Waals surface area contributed by atoms with Gasteiger partial charge in [-0.05, 0) is 18.1 Å². The highest BCUT2D eigenvalue weighted by Crippen LogP contribution is 2.20. The molecule has 1 N–H and O–H groups in total. The van der Waals surface area contributed by atoms with Gasteiger partial charge in [-0.1, -0.05) is 29.8 Å². The minimum Gasteiger partial charge on any atom is -0.341 e. The fourth-order valence-electron chi connectivity index (χ4n) is 3.23. The van der Waals surface area contributed by atoms with Crippen LogP contribution in [0.15, 0.2) is 24.3 Å². The smallest absolute Gasteiger partial charge is 0.227 e. The highest BCUT2D eigenvalue weighted by atomic mass is 35.5. The maximum atomic E-state index is 12.4. The van der Waals surface area contributed by atoms with Crippen molar-refractivity contribution in [3.63, 3.8) is 0 Å². The Morgan fingerprint density at radius 2 is 2.00 bits per heavy atom. The zero-order valence-electron chi connectivity index (χ0n) is 12.2. The van der Waals surface area contributed by atoms with Crippen molar-refractivity contribution in [2.45, 2.75) is 18.9 Å². The van der Waals surface area contributed by atoms with Crippen molar-refractivity contribution in [2.24, 2.45) is 0 Å². The number of carbonyl (C=O) groups is 1. The van der Waals surface area contributed by atoms with Gasteiger partial charge >= 0.3 is 0 Å². The molecule has 0 aromatic heterocycles. The largest absolute Gasteiger partial charge is 0.341 e. The van der Waals surface area contributed by atoms with Crippen LogP contribution in [0.2, 0.25) is 5.02 Å². The molecule has 2 aliphatic rings. The molecule has 2 heterocycles. The van der Waals surface area contributed by atoms with Crippen LogP contribution in [-0.4, -0.2) is 61.0 Å². The van der Waals surface area contributed by atoms with Gasteiger partial charge in [-0.3, -0.25) is 9.69 Å². The Kier molecular flexibility index (Phi) is 4.78. The number of hydrogen-bond donors (Lipinski definition) is 1. The first-order valence-corrected chi connectivity index (χ1v) is 8.08. The summed E-state index contributed by atoms with van der Waals surface area (Å²) in [5.74, 6) is 0.195. The average molecular weight is 308 g/mol. The summed E-state index contributed by atoms with van der Waals surface area (Å²) in [7, 11) is 0. The van der Waals surface area contributed by atoms with E-state index in [4.69, 9.17) is 11.6 Å². The third kappa shape index (κ3) is 3.57. The number of piperazine rings is 1. The summed E-state index contributed by atoms with van der Waals surface area (Å²) in [5, 5.41) is 4.06. The average Bonchev–Trinajstić information content (AvgIpc) is 3.00. The zero-order valence-corrected chi connectivity index (χ0v) is 13.0. The first-order chi connectivity index (χ1) is 10.2. The van der Waals surface area contributed by atoms with E-state index in [0.717, 1.165) is 51.3 Å². The molecule has 2 fully saturated rings. The minimum atomic E-state index is 0.195. The molecule has 4 nitrogen and oxygen atoms in total. The molecule has 0 spiro atoms. The van der Waals surface area contributed by atoms with Crippen LogP contribution in [0.25, 0.3) is 0 Å². The van der Waals surface area contributed by atoms with Crippen molar-refractivity contribution in [2.75, 3.05) is 39.3 Å². The highest BCUT2D eigenvalue weighted by Gasteiger charge is 2.30. The van der Waals surface area contributed by atoms with E-state index in [1.807, 2.05) is 29.2 Å². The number of rotatable bonds is 3. The minimum absolute atomic E-state index is 0.195. The number of hydrogen-bond acceptors (Lipinski definition) is 3. The Balaban J connectivity index is 1.55. The molecule has 0 saturated carbocycles. The van der Waals surface area contributed by atoms with Gasteiger partial charge in [-0.15, -0.1) is 0 Å². The summed E-state index contributed by atoms with van der Waals surface area (Å²) in [5.41, 5.74) is 0.926. The lowest BCUT2D eigenvalue weighted by Crippen LogP contribution is -2.49. The molecule has 0 radical (unpaired) electrons. The number of carbonyl (C=O) groups excluding carboxylic acids is 1. The molecular formula is C16H22ClN3O. The second-order valence-corrected chi connectivity index (χ2v) is 6.24. The van der Waals surface area contributed by atoms with Crippen LogP contribution >= 0.6 is 11.6 Å². The van der Waals surface area contributed by atoms with Gasteiger partial charge in [0.25, 0.3) is 0 Å². The number of halogens is 1. The van der Waals surface area contributed by atoms with Gasteiger partial charge in [-0.2, -0.15) is 0 Å². The standard InChI is InChI=1S/C16H22ClN3O/c17-15-4-2-1-3-13(15)11-16(21)20-8-5-14(12-20)19-9-6-18-7-10-19/h1-4,14,18H,5-12H2. The van der Waals surface area contributed by atoms with Crippen LogP contribution in [0.1, 0.15) is 12.0 Å². The summed E-state index contributed by atoms with van der Waals surface area (Å²) < 4.78 is 0. The van der Waals surface area contributed by atoms with Gasteiger partial charge in [-0.25, -0.2) is 0 Å². The van der Waals surface area contributed by atoms with E-state index in [9.17, 15) is 4.79 Å². The summed E-state index contributed by atoms with van der Waals surface area (Å²) in [4.78, 5) is 16.9. The van der Waals surface area contributed by atoms with E-state index in [2.05, 4.69) is 10.2 Å². The number of nitrogens with zero attached hydrogens (tertiary/aromatic N) is 2. The third-order valence-electron chi connectivity index (χ3n) is 4.48. The molecular weight excluding hydrogens is 286 g/mol. The fraction of sp³-hybridized carbons (Fsp3) is 0.562. The van der Waals surface area contributed by atoms with E-state index in [-0.39, 0.29) is 5.91 Å². The SMILES string of the molecule is O=C(Cc1ccccc1Cl)N1CCC(N2CCNCC2)C1. The number of likely N-dealkylation sites (tertiary alicyclic amines) is 1. The topological polar surface area (TPSA) is 35.6 Å². The molecule has 2 aliphatic heterocycles. The normalized spacial score (nSPS) is 23.5. The van der Waals surface area contributed by atoms with Crippen LogP contribution in [0.5, 0.6) is 0 Å². The van der Waals surface area contributed by atoms with Gasteiger partial charge in [0, 0.05) is 50.3 Å². The van der Waals surface area contributed by atoms with E-state index >= 15 is 0 Å². The Morgan fingerprint density at radius 1 is 1.24 bits per heavy atom. The number of nitrogens with one attached hydrogen (secondary N) is 1. The van der Waals surface area contributed by atoms with Crippen molar-refractivity contribution in [3.8, 4) is 0 Å². The molecule has 1 amide bonds. The molecule has 1 aromatic carbocycles. The molecule has 3 rings (SSSR count). The molecule has 1 atom stereocenters. The van der Waals surface area contributed by atoms with E-state index in [0.29, 0.717) is 17.5 Å². The maximum Gasteiger partial charge on any atom is 0.227 e. The summed E-state index contributed by atoms with van der Waals surface area (Å²) in [6.07, 6.45) is 1.50. The zero-order chi connectivity index (χ0) is 14.7. The van der Waals surface area contributed by atoms with E-state index < -0.39 is 0 Å². The first-order valence-electron chi connectivity index (χ1n) is 7.70. The summed E-state index contributed by atoms with van der Waals surface area (Å²) >= 11 is 6.14. The van der Waals surface area contributed by atoms with Gasteiger partial charge in [0.2, 0.25) is 5.91 Å². The molecule has 1 aromatic rings. The third-order valence-corrected chi connectivity index (χ3v) is 4.85. The molecule has 21 heavy (non-hydrogen) atoms.